The number of unbranched alkanes of at least 4 members (excludes halogenated alkanes) is 1. The third-order valence-electron chi connectivity index (χ3n) is 7.40. The zero-order chi connectivity index (χ0) is 24.6. The van der Waals surface area contributed by atoms with Crippen LogP contribution in [0.1, 0.15) is 71.8 Å². The van der Waals surface area contributed by atoms with Gasteiger partial charge in [-0.1, -0.05) is 64.0 Å². The van der Waals surface area contributed by atoms with Crippen LogP contribution in [0.15, 0.2) is 52.6 Å². The van der Waals surface area contributed by atoms with Crippen LogP contribution in [0, 0.1) is 12.8 Å². The van der Waals surface area contributed by atoms with Crippen molar-refractivity contribution in [3.05, 3.63) is 53.3 Å². The van der Waals surface area contributed by atoms with Crippen molar-refractivity contribution < 1.29 is 12.8 Å². The Morgan fingerprint density at radius 1 is 1.12 bits per heavy atom. The van der Waals surface area contributed by atoms with Gasteiger partial charge in [0.1, 0.15) is 0 Å². The van der Waals surface area contributed by atoms with Crippen LogP contribution in [0.25, 0.3) is 0 Å². The van der Waals surface area contributed by atoms with Gasteiger partial charge in [-0.25, -0.2) is 8.42 Å². The molecule has 6 heteroatoms. The normalized spacial score (nSPS) is 17.5. The van der Waals surface area contributed by atoms with Crippen molar-refractivity contribution in [3.8, 4) is 0 Å². The SMILES string of the molecule is C=C(CN(C)S(=O)(=O)c1ccc(C)cc1)[C@H]1CCCC(O[Si](CC)(CC)CC)=C1CCCC. The van der Waals surface area contributed by atoms with E-state index in [4.69, 9.17) is 4.43 Å². The van der Waals surface area contributed by atoms with Crippen LogP contribution < -0.4 is 0 Å². The predicted molar refractivity (Wildman–Crippen MR) is 142 cm³/mol. The second kappa shape index (κ2) is 12.4. The van der Waals surface area contributed by atoms with Crippen LogP contribution in [0.3, 0.4) is 0 Å². The number of benzene rings is 1. The van der Waals surface area contributed by atoms with E-state index in [-0.39, 0.29) is 5.92 Å². The summed E-state index contributed by atoms with van der Waals surface area (Å²) in [6.45, 7) is 15.7. The molecule has 33 heavy (non-hydrogen) atoms. The third kappa shape index (κ3) is 6.83. The maximum Gasteiger partial charge on any atom is 0.250 e. The molecular weight excluding hydrogens is 446 g/mol. The summed E-state index contributed by atoms with van der Waals surface area (Å²) in [5, 5.41) is 0. The Labute approximate surface area is 204 Å². The fraction of sp³-hybridized carbons (Fsp3) is 0.630. The Morgan fingerprint density at radius 2 is 1.73 bits per heavy atom. The van der Waals surface area contributed by atoms with Crippen LogP contribution in [-0.4, -0.2) is 34.6 Å². The summed E-state index contributed by atoms with van der Waals surface area (Å²) in [6.07, 6.45) is 6.39. The highest BCUT2D eigenvalue weighted by molar-refractivity contribution is 7.89. The van der Waals surface area contributed by atoms with Gasteiger partial charge in [-0.3, -0.25) is 0 Å². The van der Waals surface area contributed by atoms with Crippen molar-refractivity contribution in [1.82, 2.24) is 4.31 Å². The van der Waals surface area contributed by atoms with Crippen LogP contribution >= 0.6 is 0 Å². The summed E-state index contributed by atoms with van der Waals surface area (Å²) in [5.41, 5.74) is 3.42. The lowest BCUT2D eigenvalue weighted by Gasteiger charge is -2.37. The lowest BCUT2D eigenvalue weighted by molar-refractivity contribution is 0.333. The first-order valence-corrected chi connectivity index (χ1v) is 16.7. The second-order valence-electron chi connectivity index (χ2n) is 9.57. The Hall–Kier alpha value is -1.37. The second-order valence-corrected chi connectivity index (χ2v) is 16.3. The lowest BCUT2D eigenvalue weighted by atomic mass is 9.79. The van der Waals surface area contributed by atoms with E-state index in [1.54, 1.807) is 19.2 Å². The molecule has 0 heterocycles. The van der Waals surface area contributed by atoms with E-state index in [0.29, 0.717) is 11.4 Å². The molecule has 0 fully saturated rings. The highest BCUT2D eigenvalue weighted by Crippen LogP contribution is 2.40. The molecule has 0 amide bonds. The molecule has 1 aliphatic carbocycles. The van der Waals surface area contributed by atoms with Crippen molar-refractivity contribution >= 4 is 18.3 Å². The summed E-state index contributed by atoms with van der Waals surface area (Å²) in [7, 11) is -3.63. The quantitative estimate of drug-likeness (QED) is 0.213. The van der Waals surface area contributed by atoms with Crippen molar-refractivity contribution in [3.63, 3.8) is 0 Å². The first-order valence-electron chi connectivity index (χ1n) is 12.8. The lowest BCUT2D eigenvalue weighted by Crippen LogP contribution is -2.37. The van der Waals surface area contributed by atoms with E-state index < -0.39 is 18.3 Å². The van der Waals surface area contributed by atoms with Crippen molar-refractivity contribution in [1.29, 1.82) is 0 Å². The topological polar surface area (TPSA) is 46.6 Å². The van der Waals surface area contributed by atoms with Gasteiger partial charge in [-0.2, -0.15) is 4.31 Å². The van der Waals surface area contributed by atoms with Gasteiger partial charge in [-0.15, -0.1) is 0 Å². The van der Waals surface area contributed by atoms with Gasteiger partial charge in [-0.05, 0) is 68.4 Å². The number of hydrogen-bond acceptors (Lipinski definition) is 3. The number of allylic oxidation sites excluding steroid dienone is 2. The Morgan fingerprint density at radius 3 is 2.27 bits per heavy atom. The molecule has 0 saturated heterocycles. The summed E-state index contributed by atoms with van der Waals surface area (Å²) in [4.78, 5) is 0.336. The van der Waals surface area contributed by atoms with Gasteiger partial charge in [0.15, 0.2) is 0 Å². The highest BCUT2D eigenvalue weighted by Gasteiger charge is 2.35. The molecule has 0 N–H and O–H groups in total. The smallest absolute Gasteiger partial charge is 0.250 e. The van der Waals surface area contributed by atoms with E-state index in [1.807, 2.05) is 19.1 Å². The molecule has 0 aliphatic heterocycles. The number of aryl methyl sites for hydroxylation is 1. The molecule has 0 bridgehead atoms. The molecule has 1 aliphatic rings. The minimum Gasteiger partial charge on any atom is -0.547 e. The highest BCUT2D eigenvalue weighted by atomic mass is 32.2. The monoisotopic (exact) mass is 491 g/mol. The molecule has 0 unspecified atom stereocenters. The van der Waals surface area contributed by atoms with E-state index in [9.17, 15) is 8.42 Å². The number of sulfonamides is 1. The maximum absolute atomic E-state index is 13.1. The van der Waals surface area contributed by atoms with Gasteiger partial charge in [0.05, 0.1) is 10.7 Å². The predicted octanol–water partition coefficient (Wildman–Crippen LogP) is 7.44. The van der Waals surface area contributed by atoms with Crippen LogP contribution in [0.4, 0.5) is 0 Å². The molecule has 1 aromatic rings. The zero-order valence-corrected chi connectivity index (χ0v) is 23.6. The molecule has 1 atom stereocenters. The average molecular weight is 492 g/mol. The summed E-state index contributed by atoms with van der Waals surface area (Å²) >= 11 is 0. The van der Waals surface area contributed by atoms with E-state index in [0.717, 1.165) is 67.8 Å². The molecular formula is C27H45NO3SSi. The zero-order valence-electron chi connectivity index (χ0n) is 21.7. The fourth-order valence-electron chi connectivity index (χ4n) is 4.84. The molecule has 2 rings (SSSR count). The Balaban J connectivity index is 2.29. The number of hydrogen-bond donors (Lipinski definition) is 0. The largest absolute Gasteiger partial charge is 0.547 e. The molecule has 4 nitrogen and oxygen atoms in total. The standard InChI is InChI=1S/C27H45NO3SSi/c1-8-12-14-26-25(15-13-16-27(26)31-33(9-2,10-3)11-4)23(6)21-28(7)32(29,30)24-19-17-22(5)18-20-24/h17-20,25H,6,8-16,21H2,1-5,7H3/t25-/m1/s1. The first-order chi connectivity index (χ1) is 15.6. The van der Waals surface area contributed by atoms with Crippen LogP contribution in [-0.2, 0) is 14.4 Å². The minimum absolute atomic E-state index is 0.202. The molecule has 1 aromatic carbocycles. The molecule has 186 valence electrons. The summed E-state index contributed by atoms with van der Waals surface area (Å²) < 4.78 is 34.6. The van der Waals surface area contributed by atoms with Crippen molar-refractivity contribution in [2.24, 2.45) is 5.92 Å². The fourth-order valence-corrected chi connectivity index (χ4v) is 8.71. The minimum atomic E-state index is -3.55. The molecule has 0 saturated carbocycles. The number of likely N-dealkylation sites (N-methyl/N-ethyl adjacent to an activating group) is 1. The summed E-state index contributed by atoms with van der Waals surface area (Å²) in [6, 6.07) is 10.5. The summed E-state index contributed by atoms with van der Waals surface area (Å²) in [5.74, 6) is 1.41. The number of nitrogens with zero attached hydrogens (tertiary/aromatic N) is 1. The van der Waals surface area contributed by atoms with Gasteiger partial charge < -0.3 is 4.43 Å². The van der Waals surface area contributed by atoms with Gasteiger partial charge in [0, 0.05) is 25.9 Å². The molecule has 0 aromatic heterocycles. The van der Waals surface area contributed by atoms with Crippen LogP contribution in [0.5, 0.6) is 0 Å². The Bertz CT molecular complexity index is 909. The van der Waals surface area contributed by atoms with Gasteiger partial charge >= 0.3 is 0 Å². The van der Waals surface area contributed by atoms with Crippen molar-refractivity contribution in [2.45, 2.75) is 96.2 Å². The number of rotatable bonds is 13. The Kier molecular flexibility index (Phi) is 10.4. The average Bonchev–Trinajstić information content (AvgIpc) is 2.81. The molecule has 0 spiro atoms. The first kappa shape index (κ1) is 27.9. The molecule has 0 radical (unpaired) electrons. The maximum atomic E-state index is 13.1. The van der Waals surface area contributed by atoms with E-state index in [1.165, 1.54) is 15.6 Å². The van der Waals surface area contributed by atoms with E-state index >= 15 is 0 Å². The van der Waals surface area contributed by atoms with Gasteiger partial charge in [0.2, 0.25) is 18.3 Å². The van der Waals surface area contributed by atoms with Gasteiger partial charge in [0.25, 0.3) is 0 Å². The van der Waals surface area contributed by atoms with Crippen LogP contribution in [0.2, 0.25) is 18.1 Å². The van der Waals surface area contributed by atoms with Crippen molar-refractivity contribution in [2.75, 3.05) is 13.6 Å². The van der Waals surface area contributed by atoms with E-state index in [2.05, 4.69) is 34.3 Å². The third-order valence-corrected chi connectivity index (χ3v) is 13.8.